The Labute approximate surface area is 203 Å². The van der Waals surface area contributed by atoms with E-state index in [-0.39, 0.29) is 22.9 Å². The lowest BCUT2D eigenvalue weighted by atomic mass is 10.1. The summed E-state index contributed by atoms with van der Waals surface area (Å²) in [6.07, 6.45) is 3.86. The third-order valence-electron chi connectivity index (χ3n) is 6.14. The second-order valence-electron chi connectivity index (χ2n) is 8.57. The van der Waals surface area contributed by atoms with E-state index in [1.165, 1.54) is 12.1 Å². The number of nitriles is 1. The van der Waals surface area contributed by atoms with E-state index in [1.54, 1.807) is 54.6 Å². The summed E-state index contributed by atoms with van der Waals surface area (Å²) < 4.78 is 39.7. The quantitative estimate of drug-likeness (QED) is 0.532. The number of fused-ring (bicyclic) bond motifs is 1. The van der Waals surface area contributed by atoms with E-state index in [1.807, 2.05) is 6.07 Å². The van der Waals surface area contributed by atoms with Gasteiger partial charge in [-0.15, -0.1) is 0 Å². The smallest absolute Gasteiger partial charge is 0.255 e. The van der Waals surface area contributed by atoms with Crippen molar-refractivity contribution in [3.63, 3.8) is 0 Å². The van der Waals surface area contributed by atoms with Crippen LogP contribution in [0.4, 0.5) is 5.69 Å². The number of rotatable bonds is 6. The maximum absolute atomic E-state index is 12.7. The molecule has 2 aliphatic rings. The van der Waals surface area contributed by atoms with Crippen LogP contribution in [-0.4, -0.2) is 20.1 Å². The maximum Gasteiger partial charge on any atom is 0.255 e. The molecular formula is C26H23N3O5S. The van der Waals surface area contributed by atoms with Gasteiger partial charge >= 0.3 is 0 Å². The first kappa shape index (κ1) is 22.9. The predicted octanol–water partition coefficient (Wildman–Crippen LogP) is 4.33. The molecule has 8 nitrogen and oxygen atoms in total. The molecule has 1 aliphatic carbocycles. The van der Waals surface area contributed by atoms with Gasteiger partial charge in [-0.05, 0) is 54.8 Å². The van der Waals surface area contributed by atoms with Gasteiger partial charge in [0, 0.05) is 36.7 Å². The molecule has 3 aromatic rings. The highest BCUT2D eigenvalue weighted by Gasteiger charge is 2.44. The number of carbonyl (C=O) groups excluding carboxylic acids is 1. The number of sulfonamides is 1. The van der Waals surface area contributed by atoms with Crippen LogP contribution in [0.3, 0.4) is 0 Å². The molecule has 3 aromatic carbocycles. The van der Waals surface area contributed by atoms with Crippen LogP contribution in [0.2, 0.25) is 0 Å². The van der Waals surface area contributed by atoms with Crippen LogP contribution in [0.25, 0.3) is 0 Å². The molecule has 0 unspecified atom stereocenters. The molecule has 1 amide bonds. The lowest BCUT2D eigenvalue weighted by Gasteiger charge is -2.21. The second-order valence-corrected chi connectivity index (χ2v) is 10.3. The van der Waals surface area contributed by atoms with Gasteiger partial charge in [0.15, 0.2) is 11.5 Å². The summed E-state index contributed by atoms with van der Waals surface area (Å²) in [5, 5.41) is 12.0. The molecule has 1 saturated carbocycles. The summed E-state index contributed by atoms with van der Waals surface area (Å²) >= 11 is 0. The van der Waals surface area contributed by atoms with Gasteiger partial charge in [-0.1, -0.05) is 24.3 Å². The van der Waals surface area contributed by atoms with Crippen LogP contribution < -0.4 is 19.5 Å². The highest BCUT2D eigenvalue weighted by Crippen LogP contribution is 2.47. The standard InChI is InChI=1S/C26H23N3O5S/c27-16-20-5-1-2-6-24(20)35(31,32)28-17-18-7-9-19(10-8-18)25(30)29-21-11-12-22-23(15-21)34-26(33-22)13-3-4-14-26/h1-2,5-12,15,28H,3-4,13-14,17H2,(H,29,30). The van der Waals surface area contributed by atoms with Crippen LogP contribution in [0, 0.1) is 11.3 Å². The molecule has 5 rings (SSSR count). The largest absolute Gasteiger partial charge is 0.448 e. The zero-order valence-electron chi connectivity index (χ0n) is 18.8. The Hall–Kier alpha value is -3.87. The van der Waals surface area contributed by atoms with Gasteiger partial charge in [0.2, 0.25) is 10.0 Å². The molecule has 1 aliphatic heterocycles. The van der Waals surface area contributed by atoms with Crippen molar-refractivity contribution in [1.82, 2.24) is 4.72 Å². The number of anilines is 1. The number of hydrogen-bond donors (Lipinski definition) is 2. The molecular weight excluding hydrogens is 466 g/mol. The van der Waals surface area contributed by atoms with Crippen LogP contribution in [0.15, 0.2) is 71.6 Å². The fraction of sp³-hybridized carbons (Fsp3) is 0.231. The Morgan fingerprint density at radius 3 is 2.43 bits per heavy atom. The number of hydrogen-bond acceptors (Lipinski definition) is 6. The number of carbonyl (C=O) groups is 1. The molecule has 2 N–H and O–H groups in total. The summed E-state index contributed by atoms with van der Waals surface area (Å²) in [7, 11) is -3.86. The van der Waals surface area contributed by atoms with E-state index in [9.17, 15) is 13.2 Å². The lowest BCUT2D eigenvalue weighted by Crippen LogP contribution is -2.34. The van der Waals surface area contributed by atoms with Crippen LogP contribution in [0.5, 0.6) is 11.5 Å². The number of amides is 1. The summed E-state index contributed by atoms with van der Waals surface area (Å²) in [4.78, 5) is 12.7. The Kier molecular flexibility index (Phi) is 5.93. The molecule has 0 aromatic heterocycles. The average Bonchev–Trinajstić information content (AvgIpc) is 3.48. The van der Waals surface area contributed by atoms with Gasteiger partial charge in [-0.25, -0.2) is 13.1 Å². The van der Waals surface area contributed by atoms with E-state index >= 15 is 0 Å². The van der Waals surface area contributed by atoms with Crippen molar-refractivity contribution >= 4 is 21.6 Å². The van der Waals surface area contributed by atoms with E-state index < -0.39 is 15.8 Å². The molecule has 1 heterocycles. The molecule has 1 spiro atoms. The first-order valence-corrected chi connectivity index (χ1v) is 12.8. The summed E-state index contributed by atoms with van der Waals surface area (Å²) in [6.45, 7) is 0.0217. The second kappa shape index (κ2) is 9.06. The third-order valence-corrected chi connectivity index (χ3v) is 7.60. The first-order valence-electron chi connectivity index (χ1n) is 11.3. The normalized spacial score (nSPS) is 15.6. The highest BCUT2D eigenvalue weighted by molar-refractivity contribution is 7.89. The zero-order chi connectivity index (χ0) is 24.5. The van der Waals surface area contributed by atoms with Crippen LogP contribution in [-0.2, 0) is 16.6 Å². The van der Waals surface area contributed by atoms with Crippen molar-refractivity contribution in [2.45, 2.75) is 42.9 Å². The van der Waals surface area contributed by atoms with E-state index in [2.05, 4.69) is 10.0 Å². The Morgan fingerprint density at radius 1 is 0.971 bits per heavy atom. The summed E-state index contributed by atoms with van der Waals surface area (Å²) in [5.41, 5.74) is 1.77. The first-order chi connectivity index (χ1) is 16.9. The van der Waals surface area contributed by atoms with Gasteiger partial charge in [-0.3, -0.25) is 4.79 Å². The Balaban J connectivity index is 1.21. The molecule has 9 heteroatoms. The molecule has 178 valence electrons. The Bertz CT molecular complexity index is 1420. The van der Waals surface area contributed by atoms with Gasteiger partial charge in [0.1, 0.15) is 6.07 Å². The van der Waals surface area contributed by atoms with Gasteiger partial charge in [0.25, 0.3) is 11.7 Å². The zero-order valence-corrected chi connectivity index (χ0v) is 19.6. The fourth-order valence-electron chi connectivity index (χ4n) is 4.32. The molecule has 1 fully saturated rings. The fourth-order valence-corrected chi connectivity index (χ4v) is 5.49. The maximum atomic E-state index is 12.7. The van der Waals surface area contributed by atoms with Crippen LogP contribution >= 0.6 is 0 Å². The van der Waals surface area contributed by atoms with Crippen molar-refractivity contribution < 1.29 is 22.7 Å². The molecule has 0 atom stereocenters. The van der Waals surface area contributed by atoms with E-state index in [0.29, 0.717) is 28.3 Å². The third kappa shape index (κ3) is 4.71. The van der Waals surface area contributed by atoms with Crippen molar-refractivity contribution in [3.8, 4) is 17.6 Å². The van der Waals surface area contributed by atoms with Crippen LogP contribution in [0.1, 0.15) is 47.2 Å². The topological polar surface area (TPSA) is 118 Å². The van der Waals surface area contributed by atoms with Crippen molar-refractivity contribution in [2.24, 2.45) is 0 Å². The SMILES string of the molecule is N#Cc1ccccc1S(=O)(=O)NCc1ccc(C(=O)Nc2ccc3c(c2)OC2(CCCC2)O3)cc1. The van der Waals surface area contributed by atoms with Crippen molar-refractivity contribution in [1.29, 1.82) is 5.26 Å². The van der Waals surface area contributed by atoms with Crippen molar-refractivity contribution in [2.75, 3.05) is 5.32 Å². The van der Waals surface area contributed by atoms with Gasteiger partial charge < -0.3 is 14.8 Å². The van der Waals surface area contributed by atoms with E-state index in [0.717, 1.165) is 25.7 Å². The van der Waals surface area contributed by atoms with Crippen molar-refractivity contribution in [3.05, 3.63) is 83.4 Å². The molecule has 35 heavy (non-hydrogen) atoms. The Morgan fingerprint density at radius 2 is 1.69 bits per heavy atom. The summed E-state index contributed by atoms with van der Waals surface area (Å²) in [6, 6.07) is 19.9. The lowest BCUT2D eigenvalue weighted by molar-refractivity contribution is -0.0716. The number of nitrogens with zero attached hydrogens (tertiary/aromatic N) is 1. The molecule has 0 bridgehead atoms. The summed E-state index contributed by atoms with van der Waals surface area (Å²) in [5.74, 6) is 0.466. The highest BCUT2D eigenvalue weighted by atomic mass is 32.2. The minimum atomic E-state index is -3.86. The van der Waals surface area contributed by atoms with Gasteiger partial charge in [0.05, 0.1) is 10.5 Å². The minimum absolute atomic E-state index is 0.0217. The molecule has 0 saturated heterocycles. The predicted molar refractivity (Wildman–Crippen MR) is 128 cm³/mol. The number of benzene rings is 3. The number of ether oxygens (including phenoxy) is 2. The van der Waals surface area contributed by atoms with E-state index in [4.69, 9.17) is 14.7 Å². The monoisotopic (exact) mass is 489 g/mol. The van der Waals surface area contributed by atoms with Gasteiger partial charge in [-0.2, -0.15) is 5.26 Å². The average molecular weight is 490 g/mol. The number of nitrogens with one attached hydrogen (secondary N) is 2. The molecule has 0 radical (unpaired) electrons. The minimum Gasteiger partial charge on any atom is -0.448 e.